The Kier molecular flexibility index (Phi) is 23.7. The predicted molar refractivity (Wildman–Crippen MR) is 234 cm³/mol. The lowest BCUT2D eigenvalue weighted by Crippen LogP contribution is -2.71. The van der Waals surface area contributed by atoms with E-state index < -0.39 is 155 Å². The van der Waals surface area contributed by atoms with Gasteiger partial charge in [0.1, 0.15) is 36.6 Å². The number of primary amides is 2. The van der Waals surface area contributed by atoms with Gasteiger partial charge in [0.2, 0.25) is 17.7 Å². The molecular weight excluding hydrogens is 945 g/mol. The molecule has 0 aromatic heterocycles. The molecule has 0 aromatic rings. The van der Waals surface area contributed by atoms with Crippen LogP contribution in [0.2, 0.25) is 0 Å². The summed E-state index contributed by atoms with van der Waals surface area (Å²) in [7, 11) is -5.59. The fourth-order valence-corrected chi connectivity index (χ4v) is 8.23. The third kappa shape index (κ3) is 18.0. The Morgan fingerprint density at radius 3 is 1.83 bits per heavy atom. The number of hydrogen-bond donors (Lipinski definition) is 12. The minimum absolute atomic E-state index is 0.245. The fourth-order valence-electron chi connectivity index (χ4n) is 7.41. The molecule has 3 aliphatic rings. The van der Waals surface area contributed by atoms with Gasteiger partial charge in [0.05, 0.1) is 44.6 Å². The van der Waals surface area contributed by atoms with Gasteiger partial charge in [-0.05, 0) is 53.4 Å². The van der Waals surface area contributed by atoms with Gasteiger partial charge in [-0.25, -0.2) is 14.2 Å². The van der Waals surface area contributed by atoms with Gasteiger partial charge < -0.3 is 96.5 Å². The first-order valence-corrected chi connectivity index (χ1v) is 23.3. The van der Waals surface area contributed by atoms with E-state index in [0.717, 1.165) is 38.7 Å². The highest BCUT2D eigenvalue weighted by molar-refractivity contribution is 7.47. The van der Waals surface area contributed by atoms with Crippen molar-refractivity contribution < 1.29 is 106 Å². The van der Waals surface area contributed by atoms with Crippen molar-refractivity contribution in [3.8, 4) is 0 Å². The number of rotatable bonds is 25. The average Bonchev–Trinajstić information content (AvgIpc) is 3.24. The lowest BCUT2D eigenvalue weighted by atomic mass is 9.93. The van der Waals surface area contributed by atoms with Crippen LogP contribution in [0.1, 0.15) is 67.2 Å². The minimum atomic E-state index is -5.59. The number of carbonyl (C=O) groups is 5. The normalized spacial score (nSPS) is 33.3. The molecule has 3 heterocycles. The van der Waals surface area contributed by atoms with Crippen LogP contribution in [0.5, 0.6) is 0 Å². The van der Waals surface area contributed by atoms with Crippen LogP contribution in [-0.4, -0.2) is 190 Å². The number of ether oxygens (including phenoxy) is 7. The zero-order valence-electron chi connectivity index (χ0n) is 39.1. The van der Waals surface area contributed by atoms with Crippen molar-refractivity contribution in [2.75, 3.05) is 26.4 Å². The number of aliphatic hydroxyl groups is 5. The summed E-state index contributed by atoms with van der Waals surface area (Å²) in [5.74, 6) is -4.56. The fraction of sp³-hybridized carbons (Fsp3) is 0.732. The summed E-state index contributed by atoms with van der Waals surface area (Å²) >= 11 is 0. The van der Waals surface area contributed by atoms with Crippen molar-refractivity contribution in [1.29, 1.82) is 0 Å². The number of nitrogens with one attached hydrogen (secondary N) is 2. The summed E-state index contributed by atoms with van der Waals surface area (Å²) in [6, 6.07) is -4.47. The molecule has 3 aliphatic heterocycles. The Balaban J connectivity index is 1.89. The molecule has 0 radical (unpaired) electrons. The molecule has 3 fully saturated rings. The van der Waals surface area contributed by atoms with Gasteiger partial charge in [0.15, 0.2) is 43.3 Å². The standard InChI is InChI=1S/C41H68N5O22P/c1-18(2)9-7-10-19(3)11-8-12-20(4)13-14-60-25(37(55)56)17-61-69(58,59)68-40-35(33(67-41(44)57)31(53)34(65-40)36(43)54)66-39-28(46-22(6)50)30(52)32(24(16-48)63-39)64-38-27(45-21(5)49)26(42)29(51)23(15-47)62-38/h9,11,13,23-35,38-40,47-48,51-53H,7-8,10,12,14-17,42H2,1-6H3,(H2,43,54)(H2,44,57)(H,45,49)(H,46,50)(H,55,56)(H,58,59)/t23?,24?,25-,26-,27?,28?,29-,30-,31?,32-,33+,34?,35+,38+,39+,40?/m1/s1. The highest BCUT2D eigenvalue weighted by atomic mass is 31.2. The topological polar surface area (TPSA) is 429 Å². The lowest BCUT2D eigenvalue weighted by molar-refractivity contribution is -0.355. The van der Waals surface area contributed by atoms with Gasteiger partial charge in [0, 0.05) is 13.8 Å². The number of amides is 4. The molecule has 17 atom stereocenters. The molecule has 0 aliphatic carbocycles. The average molecular weight is 1010 g/mol. The SMILES string of the molecule is CC(=O)NC1[C@H](O[C@@H]2C(CO)O[C@@H](O[C@@H]3C(OP(=O)(O)OC[C@@H](OCC=C(C)CCC=C(C)CCC=C(C)C)C(=O)O)OC(C(N)=O)C(O)[C@@H]3OC(N)=O)C(NC(C)=O)[C@H]2O)OC(CO)[C@@H](O)[C@@H]1N. The maximum absolute atomic E-state index is 13.5. The maximum Gasteiger partial charge on any atom is 0.474 e. The summed E-state index contributed by atoms with van der Waals surface area (Å²) in [4.78, 5) is 72.2. The number of phosphoric acid groups is 1. The van der Waals surface area contributed by atoms with Crippen LogP contribution in [0, 0.1) is 0 Å². The van der Waals surface area contributed by atoms with Crippen LogP contribution in [0.4, 0.5) is 4.79 Å². The molecule has 15 N–H and O–H groups in total. The minimum Gasteiger partial charge on any atom is -0.479 e. The van der Waals surface area contributed by atoms with Crippen molar-refractivity contribution in [3.63, 3.8) is 0 Å². The number of nitrogens with two attached hydrogens (primary N) is 3. The second kappa shape index (κ2) is 27.6. The predicted octanol–water partition coefficient (Wildman–Crippen LogP) is -2.69. The Morgan fingerprint density at radius 2 is 1.28 bits per heavy atom. The number of carbonyl (C=O) groups excluding carboxylic acids is 4. The summed E-state index contributed by atoms with van der Waals surface area (Å²) in [5, 5.41) is 68.4. The quantitative estimate of drug-likeness (QED) is 0.0327. The zero-order chi connectivity index (χ0) is 51.9. The monoisotopic (exact) mass is 1010 g/mol. The molecule has 3 rings (SSSR count). The molecule has 8 unspecified atom stereocenters. The summed E-state index contributed by atoms with van der Waals surface area (Å²) in [6.45, 7) is 6.84. The van der Waals surface area contributed by atoms with Gasteiger partial charge in [-0.3, -0.25) is 23.4 Å². The third-order valence-corrected chi connectivity index (χ3v) is 11.9. The molecular formula is C41H68N5O22P. The van der Waals surface area contributed by atoms with E-state index in [9.17, 15) is 64.1 Å². The van der Waals surface area contributed by atoms with E-state index in [1.165, 1.54) is 11.1 Å². The largest absolute Gasteiger partial charge is 0.479 e. The smallest absolute Gasteiger partial charge is 0.474 e. The number of allylic oxidation sites excluding steroid dienone is 5. The molecule has 394 valence electrons. The van der Waals surface area contributed by atoms with Crippen LogP contribution in [0.15, 0.2) is 34.9 Å². The molecule has 0 spiro atoms. The second-order valence-corrected chi connectivity index (χ2v) is 18.3. The van der Waals surface area contributed by atoms with E-state index >= 15 is 0 Å². The zero-order valence-corrected chi connectivity index (χ0v) is 40.0. The first kappa shape index (κ1) is 59.3. The van der Waals surface area contributed by atoms with Crippen LogP contribution in [-0.2, 0) is 65.9 Å². The maximum atomic E-state index is 13.5. The summed E-state index contributed by atoms with van der Waals surface area (Å²) < 4.78 is 62.9. The van der Waals surface area contributed by atoms with Crippen molar-refractivity contribution in [1.82, 2.24) is 10.6 Å². The van der Waals surface area contributed by atoms with E-state index in [4.69, 9.17) is 59.4 Å². The number of carboxylic acid groups (broad SMARTS) is 1. The molecule has 0 bridgehead atoms. The van der Waals surface area contributed by atoms with Crippen LogP contribution < -0.4 is 27.8 Å². The van der Waals surface area contributed by atoms with E-state index in [2.05, 4.69) is 22.8 Å². The highest BCUT2D eigenvalue weighted by Gasteiger charge is 2.57. The molecule has 27 nitrogen and oxygen atoms in total. The molecule has 0 saturated carbocycles. The first-order valence-electron chi connectivity index (χ1n) is 21.8. The van der Waals surface area contributed by atoms with Gasteiger partial charge in [-0.1, -0.05) is 34.9 Å². The summed E-state index contributed by atoms with van der Waals surface area (Å²) in [5.41, 5.74) is 20.1. The summed E-state index contributed by atoms with van der Waals surface area (Å²) in [6.07, 6.45) is -17.9. The molecule has 4 amide bonds. The highest BCUT2D eigenvalue weighted by Crippen LogP contribution is 2.48. The number of carboxylic acids is 1. The Labute approximate surface area is 397 Å². The van der Waals surface area contributed by atoms with Crippen molar-refractivity contribution in [3.05, 3.63) is 34.9 Å². The van der Waals surface area contributed by atoms with Crippen LogP contribution in [0.3, 0.4) is 0 Å². The van der Waals surface area contributed by atoms with Crippen molar-refractivity contribution in [2.45, 2.75) is 165 Å². The molecule has 69 heavy (non-hydrogen) atoms. The molecule has 28 heteroatoms. The Hall–Kier alpha value is -4.00. The van der Waals surface area contributed by atoms with Crippen molar-refractivity contribution in [2.24, 2.45) is 17.2 Å². The first-order chi connectivity index (χ1) is 32.3. The second-order valence-electron chi connectivity index (χ2n) is 16.9. The number of aliphatic hydroxyl groups excluding tert-OH is 5. The molecule has 3 saturated heterocycles. The van der Waals surface area contributed by atoms with E-state index in [0.29, 0.717) is 6.42 Å². The number of phosphoric ester groups is 1. The third-order valence-electron chi connectivity index (χ3n) is 11.0. The number of hydrogen-bond acceptors (Lipinski definition) is 21. The van der Waals surface area contributed by atoms with Crippen molar-refractivity contribution >= 4 is 37.6 Å². The van der Waals surface area contributed by atoms with Gasteiger partial charge in [-0.15, -0.1) is 0 Å². The van der Waals surface area contributed by atoms with Gasteiger partial charge in [-0.2, -0.15) is 0 Å². The van der Waals surface area contributed by atoms with E-state index in [-0.39, 0.29) is 6.61 Å². The molecule has 0 aromatic carbocycles. The lowest BCUT2D eigenvalue weighted by Gasteiger charge is -2.50. The van der Waals surface area contributed by atoms with Crippen LogP contribution >= 0.6 is 7.82 Å². The van der Waals surface area contributed by atoms with E-state index in [1.54, 1.807) is 6.08 Å². The van der Waals surface area contributed by atoms with E-state index in [1.807, 2.05) is 27.7 Å². The number of aliphatic carboxylic acids is 1. The van der Waals surface area contributed by atoms with Gasteiger partial charge in [0.25, 0.3) is 0 Å². The Morgan fingerprint density at radius 1 is 0.725 bits per heavy atom. The van der Waals surface area contributed by atoms with Gasteiger partial charge >= 0.3 is 19.9 Å². The Bertz CT molecular complexity index is 1890. The van der Waals surface area contributed by atoms with Crippen LogP contribution in [0.25, 0.3) is 0 Å².